The zero-order chi connectivity index (χ0) is 13.1. The maximum Gasteiger partial charge on any atom is 0.237 e. The number of carbonyl (C=O) groups is 1. The van der Waals surface area contributed by atoms with E-state index in [1.54, 1.807) is 0 Å². The molecule has 1 amide bonds. The lowest BCUT2D eigenvalue weighted by Gasteiger charge is -2.34. The van der Waals surface area contributed by atoms with Gasteiger partial charge in [0.05, 0.1) is 17.4 Å². The van der Waals surface area contributed by atoms with E-state index in [0.717, 1.165) is 44.0 Å². The van der Waals surface area contributed by atoms with Crippen molar-refractivity contribution in [3.8, 4) is 0 Å². The summed E-state index contributed by atoms with van der Waals surface area (Å²) in [4.78, 5) is 14.0. The fourth-order valence-corrected chi connectivity index (χ4v) is 2.46. The molecule has 1 aromatic rings. The van der Waals surface area contributed by atoms with Gasteiger partial charge in [-0.1, -0.05) is 12.1 Å². The van der Waals surface area contributed by atoms with Crippen LogP contribution < -0.4 is 5.32 Å². The third-order valence-corrected chi connectivity index (χ3v) is 3.51. The van der Waals surface area contributed by atoms with Gasteiger partial charge in [0.15, 0.2) is 0 Å². The maximum absolute atomic E-state index is 11.8. The zero-order valence-corrected chi connectivity index (χ0v) is 11.3. The maximum atomic E-state index is 11.8. The van der Waals surface area contributed by atoms with Crippen molar-refractivity contribution >= 4 is 5.91 Å². The normalized spacial score (nSPS) is 21.1. The summed E-state index contributed by atoms with van der Waals surface area (Å²) < 4.78 is 1.91. The summed E-state index contributed by atoms with van der Waals surface area (Å²) in [5.41, 5.74) is 2.07. The molecule has 18 heavy (non-hydrogen) atoms. The van der Waals surface area contributed by atoms with Crippen molar-refractivity contribution in [2.24, 2.45) is 0 Å². The van der Waals surface area contributed by atoms with E-state index in [-0.39, 0.29) is 11.9 Å². The number of aryl methyl sites for hydroxylation is 2. The van der Waals surface area contributed by atoms with Crippen LogP contribution in [0.15, 0.2) is 0 Å². The van der Waals surface area contributed by atoms with Crippen molar-refractivity contribution in [1.82, 2.24) is 25.2 Å². The molecule has 2 heterocycles. The average molecular weight is 251 g/mol. The van der Waals surface area contributed by atoms with E-state index in [0.29, 0.717) is 0 Å². The van der Waals surface area contributed by atoms with E-state index in [1.165, 1.54) is 0 Å². The molecule has 1 saturated heterocycles. The number of nitrogens with one attached hydrogen (secondary N) is 1. The fourth-order valence-electron chi connectivity index (χ4n) is 2.46. The molecule has 6 heteroatoms. The number of nitrogens with zero attached hydrogens (tertiary/aromatic N) is 4. The molecule has 0 radical (unpaired) electrons. The van der Waals surface area contributed by atoms with Crippen LogP contribution in [0.1, 0.15) is 31.7 Å². The Kier molecular flexibility index (Phi) is 3.96. The lowest BCUT2D eigenvalue weighted by atomic mass is 10.1. The van der Waals surface area contributed by atoms with Crippen molar-refractivity contribution < 1.29 is 4.79 Å². The molecule has 2 rings (SSSR count). The zero-order valence-electron chi connectivity index (χ0n) is 11.3. The highest BCUT2D eigenvalue weighted by atomic mass is 16.2. The summed E-state index contributed by atoms with van der Waals surface area (Å²) in [5, 5.41) is 11.1. The van der Waals surface area contributed by atoms with Gasteiger partial charge >= 0.3 is 0 Å². The molecular formula is C12H21N5O. The van der Waals surface area contributed by atoms with Crippen LogP contribution in [0.5, 0.6) is 0 Å². The lowest BCUT2D eigenvalue weighted by Crippen LogP contribution is -2.54. The molecule has 1 N–H and O–H groups in total. The smallest absolute Gasteiger partial charge is 0.237 e. The number of carbonyl (C=O) groups excluding carboxylic acids is 1. The standard InChI is InChI=1S/C12H21N5O/c1-4-10-12(18)13-6-7-16(10)8-11-9(3)14-15-17(11)5-2/h10H,4-8H2,1-3H3,(H,13,18)/t10-/m1/s1. The molecule has 0 saturated carbocycles. The van der Waals surface area contributed by atoms with Gasteiger partial charge in [-0.25, -0.2) is 4.68 Å². The molecular weight excluding hydrogens is 230 g/mol. The molecule has 0 aliphatic carbocycles. The summed E-state index contributed by atoms with van der Waals surface area (Å²) in [6, 6.07) is -0.0293. The number of hydrogen-bond donors (Lipinski definition) is 1. The summed E-state index contributed by atoms with van der Waals surface area (Å²) in [5.74, 6) is 0.136. The highest BCUT2D eigenvalue weighted by Crippen LogP contribution is 2.15. The van der Waals surface area contributed by atoms with E-state index in [9.17, 15) is 4.79 Å². The predicted octanol–water partition coefficient (Wildman–Crippen LogP) is 0.317. The molecule has 1 aliphatic heterocycles. The van der Waals surface area contributed by atoms with Crippen LogP contribution >= 0.6 is 0 Å². The molecule has 6 nitrogen and oxygen atoms in total. The minimum atomic E-state index is -0.0293. The molecule has 100 valence electrons. The fraction of sp³-hybridized carbons (Fsp3) is 0.750. The van der Waals surface area contributed by atoms with E-state index in [2.05, 4.69) is 27.5 Å². The second-order valence-corrected chi connectivity index (χ2v) is 4.62. The molecule has 1 aliphatic rings. The lowest BCUT2D eigenvalue weighted by molar-refractivity contribution is -0.129. The van der Waals surface area contributed by atoms with Gasteiger partial charge in [0.25, 0.3) is 0 Å². The Bertz CT molecular complexity index is 428. The van der Waals surface area contributed by atoms with Crippen LogP contribution in [0, 0.1) is 6.92 Å². The van der Waals surface area contributed by atoms with Crippen molar-refractivity contribution in [2.45, 2.75) is 46.3 Å². The SMILES string of the molecule is CC[C@@H]1C(=O)NCCN1Cc1c(C)nnn1CC. The second kappa shape index (κ2) is 5.48. The van der Waals surface area contributed by atoms with Crippen LogP contribution in [-0.2, 0) is 17.9 Å². The van der Waals surface area contributed by atoms with Crippen LogP contribution in [0.2, 0.25) is 0 Å². The Morgan fingerprint density at radius 3 is 2.89 bits per heavy atom. The Hall–Kier alpha value is -1.43. The quantitative estimate of drug-likeness (QED) is 0.837. The van der Waals surface area contributed by atoms with Crippen molar-refractivity contribution in [3.05, 3.63) is 11.4 Å². The van der Waals surface area contributed by atoms with E-state index >= 15 is 0 Å². The highest BCUT2D eigenvalue weighted by molar-refractivity contribution is 5.82. The summed E-state index contributed by atoms with van der Waals surface area (Å²) >= 11 is 0. The van der Waals surface area contributed by atoms with Gasteiger partial charge in [0, 0.05) is 26.2 Å². The van der Waals surface area contributed by atoms with Crippen LogP contribution in [-0.4, -0.2) is 44.9 Å². The highest BCUT2D eigenvalue weighted by Gasteiger charge is 2.29. The molecule has 0 spiro atoms. The van der Waals surface area contributed by atoms with Gasteiger partial charge in [-0.3, -0.25) is 9.69 Å². The Morgan fingerprint density at radius 1 is 1.44 bits per heavy atom. The van der Waals surface area contributed by atoms with Crippen LogP contribution in [0.25, 0.3) is 0 Å². The Morgan fingerprint density at radius 2 is 2.22 bits per heavy atom. The summed E-state index contributed by atoms with van der Waals surface area (Å²) in [7, 11) is 0. The topological polar surface area (TPSA) is 63.1 Å². The van der Waals surface area contributed by atoms with Gasteiger partial charge in [-0.2, -0.15) is 0 Å². The number of hydrogen-bond acceptors (Lipinski definition) is 4. The first kappa shape index (κ1) is 13.0. The molecule has 0 bridgehead atoms. The first-order chi connectivity index (χ1) is 8.67. The Labute approximate surface area is 107 Å². The molecule has 1 atom stereocenters. The van der Waals surface area contributed by atoms with Gasteiger partial charge in [0.2, 0.25) is 5.91 Å². The van der Waals surface area contributed by atoms with Crippen molar-refractivity contribution in [3.63, 3.8) is 0 Å². The molecule has 1 fully saturated rings. The third kappa shape index (κ3) is 2.38. The average Bonchev–Trinajstić information content (AvgIpc) is 2.71. The molecule has 0 unspecified atom stereocenters. The van der Waals surface area contributed by atoms with Gasteiger partial charge in [-0.15, -0.1) is 5.10 Å². The minimum absolute atomic E-state index is 0.0293. The van der Waals surface area contributed by atoms with Gasteiger partial charge < -0.3 is 5.32 Å². The van der Waals surface area contributed by atoms with Crippen molar-refractivity contribution in [2.75, 3.05) is 13.1 Å². The second-order valence-electron chi connectivity index (χ2n) is 4.62. The van der Waals surface area contributed by atoms with E-state index in [4.69, 9.17) is 0 Å². The first-order valence-electron chi connectivity index (χ1n) is 6.58. The number of amides is 1. The van der Waals surface area contributed by atoms with Gasteiger partial charge in [0.1, 0.15) is 0 Å². The minimum Gasteiger partial charge on any atom is -0.353 e. The van der Waals surface area contributed by atoms with Crippen molar-refractivity contribution in [1.29, 1.82) is 0 Å². The molecule has 1 aromatic heterocycles. The predicted molar refractivity (Wildman–Crippen MR) is 67.9 cm³/mol. The Balaban J connectivity index is 2.16. The largest absolute Gasteiger partial charge is 0.353 e. The van der Waals surface area contributed by atoms with E-state index in [1.807, 2.05) is 18.5 Å². The van der Waals surface area contributed by atoms with Crippen LogP contribution in [0.3, 0.4) is 0 Å². The summed E-state index contributed by atoms with van der Waals surface area (Å²) in [6.45, 7) is 9.24. The van der Waals surface area contributed by atoms with E-state index < -0.39 is 0 Å². The monoisotopic (exact) mass is 251 g/mol. The van der Waals surface area contributed by atoms with Crippen LogP contribution in [0.4, 0.5) is 0 Å². The number of piperazine rings is 1. The number of rotatable bonds is 4. The molecule has 0 aromatic carbocycles. The third-order valence-electron chi connectivity index (χ3n) is 3.51. The van der Waals surface area contributed by atoms with Gasteiger partial charge in [-0.05, 0) is 20.3 Å². The number of aromatic nitrogens is 3. The first-order valence-corrected chi connectivity index (χ1v) is 6.58. The summed E-state index contributed by atoms with van der Waals surface area (Å²) in [6.07, 6.45) is 0.832.